The van der Waals surface area contributed by atoms with Gasteiger partial charge in [-0.05, 0) is 31.7 Å². The smallest absolute Gasteiger partial charge is 0.180 e. The highest BCUT2D eigenvalue weighted by molar-refractivity contribution is 6.32. The Morgan fingerprint density at radius 3 is 2.62 bits per heavy atom. The number of rotatable bonds is 3. The molecule has 0 saturated heterocycles. The maximum atomic E-state index is 6.11. The van der Waals surface area contributed by atoms with Crippen molar-refractivity contribution in [3.63, 3.8) is 0 Å². The molecule has 0 spiro atoms. The summed E-state index contributed by atoms with van der Waals surface area (Å²) in [6.45, 7) is 0. The third-order valence-corrected chi connectivity index (χ3v) is 3.12. The van der Waals surface area contributed by atoms with E-state index in [-0.39, 0.29) is 6.10 Å². The Bertz CT molecular complexity index is 376. The summed E-state index contributed by atoms with van der Waals surface area (Å²) in [6, 6.07) is 3.42. The van der Waals surface area contributed by atoms with Crippen LogP contribution in [0.2, 0.25) is 5.02 Å². The lowest BCUT2D eigenvalue weighted by Crippen LogP contribution is -2.12. The van der Waals surface area contributed by atoms with E-state index >= 15 is 0 Å². The molecule has 1 fully saturated rings. The number of nitrogen functional groups attached to an aromatic ring is 1. The van der Waals surface area contributed by atoms with Crippen molar-refractivity contribution in [3.05, 3.63) is 17.2 Å². The van der Waals surface area contributed by atoms with Gasteiger partial charge in [0, 0.05) is 11.8 Å². The molecule has 0 amide bonds. The molecule has 0 aliphatic heterocycles. The average molecular weight is 242 g/mol. The van der Waals surface area contributed by atoms with Gasteiger partial charge in [0.2, 0.25) is 0 Å². The van der Waals surface area contributed by atoms with E-state index in [1.165, 1.54) is 12.8 Å². The van der Waals surface area contributed by atoms with E-state index in [9.17, 15) is 0 Å². The van der Waals surface area contributed by atoms with Crippen LogP contribution >= 0.6 is 11.6 Å². The van der Waals surface area contributed by atoms with Gasteiger partial charge in [0.05, 0.1) is 18.2 Å². The Kier molecular flexibility index (Phi) is 3.44. The Hall–Kier alpha value is -1.09. The minimum atomic E-state index is 0.259. The van der Waals surface area contributed by atoms with Crippen LogP contribution in [-0.4, -0.2) is 13.2 Å². The highest BCUT2D eigenvalue weighted by Crippen LogP contribution is 2.39. The molecule has 0 unspecified atom stereocenters. The van der Waals surface area contributed by atoms with Crippen LogP contribution in [-0.2, 0) is 0 Å². The molecule has 0 aromatic heterocycles. The highest BCUT2D eigenvalue weighted by atomic mass is 35.5. The molecular formula is C12H16ClNO2. The van der Waals surface area contributed by atoms with Gasteiger partial charge in [-0.1, -0.05) is 11.6 Å². The first-order chi connectivity index (χ1) is 7.70. The Balaban J connectivity index is 2.23. The van der Waals surface area contributed by atoms with Crippen molar-refractivity contribution >= 4 is 17.3 Å². The van der Waals surface area contributed by atoms with Crippen molar-refractivity contribution in [2.45, 2.75) is 31.8 Å². The maximum absolute atomic E-state index is 6.11. The average Bonchev–Trinajstić information content (AvgIpc) is 2.74. The summed E-state index contributed by atoms with van der Waals surface area (Å²) in [4.78, 5) is 0. The topological polar surface area (TPSA) is 44.5 Å². The first kappa shape index (κ1) is 11.4. The largest absolute Gasteiger partial charge is 0.493 e. The summed E-state index contributed by atoms with van der Waals surface area (Å²) in [6.07, 6.45) is 4.88. The lowest BCUT2D eigenvalue weighted by atomic mass is 10.2. The minimum absolute atomic E-state index is 0.259. The van der Waals surface area contributed by atoms with Crippen LogP contribution in [0.3, 0.4) is 0 Å². The van der Waals surface area contributed by atoms with Gasteiger partial charge in [-0.15, -0.1) is 0 Å². The quantitative estimate of drug-likeness (QED) is 0.827. The van der Waals surface area contributed by atoms with Gasteiger partial charge in [-0.2, -0.15) is 0 Å². The van der Waals surface area contributed by atoms with E-state index in [1.54, 1.807) is 19.2 Å². The van der Waals surface area contributed by atoms with Crippen LogP contribution in [0.4, 0.5) is 5.69 Å². The summed E-state index contributed by atoms with van der Waals surface area (Å²) in [7, 11) is 1.59. The van der Waals surface area contributed by atoms with Gasteiger partial charge in [-0.25, -0.2) is 0 Å². The molecule has 2 N–H and O–H groups in total. The second kappa shape index (κ2) is 4.83. The van der Waals surface area contributed by atoms with Crippen LogP contribution in [0, 0.1) is 0 Å². The molecular weight excluding hydrogens is 226 g/mol. The maximum Gasteiger partial charge on any atom is 0.180 e. The number of halogens is 1. The number of hydrogen-bond donors (Lipinski definition) is 1. The highest BCUT2D eigenvalue weighted by Gasteiger charge is 2.20. The SMILES string of the molecule is COc1cc(N)cc(Cl)c1OC1CCCC1. The van der Waals surface area contributed by atoms with E-state index in [1.807, 2.05) is 0 Å². The molecule has 88 valence electrons. The summed E-state index contributed by atoms with van der Waals surface area (Å²) >= 11 is 6.11. The molecule has 1 aromatic carbocycles. The van der Waals surface area contributed by atoms with Crippen molar-refractivity contribution in [1.29, 1.82) is 0 Å². The molecule has 16 heavy (non-hydrogen) atoms. The van der Waals surface area contributed by atoms with Gasteiger partial charge < -0.3 is 15.2 Å². The molecule has 1 aromatic rings. The van der Waals surface area contributed by atoms with E-state index < -0.39 is 0 Å². The molecule has 3 nitrogen and oxygen atoms in total. The fourth-order valence-electron chi connectivity index (χ4n) is 2.03. The fraction of sp³-hybridized carbons (Fsp3) is 0.500. The number of nitrogens with two attached hydrogens (primary N) is 1. The first-order valence-corrected chi connectivity index (χ1v) is 5.88. The normalized spacial score (nSPS) is 16.4. The van der Waals surface area contributed by atoms with E-state index in [4.69, 9.17) is 26.8 Å². The van der Waals surface area contributed by atoms with Crippen LogP contribution < -0.4 is 15.2 Å². The first-order valence-electron chi connectivity index (χ1n) is 5.50. The number of anilines is 1. The molecule has 0 atom stereocenters. The van der Waals surface area contributed by atoms with E-state index in [0.717, 1.165) is 12.8 Å². The Morgan fingerprint density at radius 2 is 2.00 bits per heavy atom. The third-order valence-electron chi connectivity index (χ3n) is 2.84. The van der Waals surface area contributed by atoms with Crippen LogP contribution in [0.1, 0.15) is 25.7 Å². The predicted octanol–water partition coefficient (Wildman–Crippen LogP) is 3.25. The van der Waals surface area contributed by atoms with Crippen LogP contribution in [0.25, 0.3) is 0 Å². The van der Waals surface area contributed by atoms with Gasteiger partial charge in [0.15, 0.2) is 11.5 Å². The second-order valence-corrected chi connectivity index (χ2v) is 4.47. The third kappa shape index (κ3) is 2.35. The second-order valence-electron chi connectivity index (χ2n) is 4.06. The molecule has 0 radical (unpaired) electrons. The van der Waals surface area contributed by atoms with Gasteiger partial charge in [0.1, 0.15) is 0 Å². The van der Waals surface area contributed by atoms with Crippen molar-refractivity contribution in [2.75, 3.05) is 12.8 Å². The zero-order valence-electron chi connectivity index (χ0n) is 9.33. The molecule has 0 heterocycles. The zero-order valence-corrected chi connectivity index (χ0v) is 10.1. The Morgan fingerprint density at radius 1 is 1.31 bits per heavy atom. The zero-order chi connectivity index (χ0) is 11.5. The summed E-state index contributed by atoms with van der Waals surface area (Å²) < 4.78 is 11.1. The minimum Gasteiger partial charge on any atom is -0.493 e. The summed E-state index contributed by atoms with van der Waals surface area (Å²) in [5.74, 6) is 1.22. The number of ether oxygens (including phenoxy) is 2. The molecule has 1 aliphatic carbocycles. The monoisotopic (exact) mass is 241 g/mol. The number of hydrogen-bond acceptors (Lipinski definition) is 3. The van der Waals surface area contributed by atoms with Crippen molar-refractivity contribution in [3.8, 4) is 11.5 Å². The molecule has 4 heteroatoms. The van der Waals surface area contributed by atoms with Crippen LogP contribution in [0.5, 0.6) is 11.5 Å². The summed E-state index contributed by atoms with van der Waals surface area (Å²) in [5.41, 5.74) is 6.28. The van der Waals surface area contributed by atoms with Crippen molar-refractivity contribution in [1.82, 2.24) is 0 Å². The van der Waals surface area contributed by atoms with Gasteiger partial charge in [0.25, 0.3) is 0 Å². The molecule has 2 rings (SSSR count). The summed E-state index contributed by atoms with van der Waals surface area (Å²) in [5, 5.41) is 0.517. The number of benzene rings is 1. The standard InChI is InChI=1S/C12H16ClNO2/c1-15-11-7-8(14)6-10(13)12(11)16-9-4-2-3-5-9/h6-7,9H,2-5,14H2,1H3. The lowest BCUT2D eigenvalue weighted by molar-refractivity contribution is 0.201. The Labute approximate surface area is 100 Å². The number of methoxy groups -OCH3 is 1. The van der Waals surface area contributed by atoms with E-state index in [0.29, 0.717) is 22.2 Å². The van der Waals surface area contributed by atoms with Gasteiger partial charge >= 0.3 is 0 Å². The van der Waals surface area contributed by atoms with Crippen LogP contribution in [0.15, 0.2) is 12.1 Å². The van der Waals surface area contributed by atoms with Crippen molar-refractivity contribution in [2.24, 2.45) is 0 Å². The molecule has 0 bridgehead atoms. The van der Waals surface area contributed by atoms with Crippen molar-refractivity contribution < 1.29 is 9.47 Å². The molecule has 1 aliphatic rings. The molecule has 1 saturated carbocycles. The van der Waals surface area contributed by atoms with E-state index in [2.05, 4.69) is 0 Å². The fourth-order valence-corrected chi connectivity index (χ4v) is 2.29. The predicted molar refractivity (Wildman–Crippen MR) is 65.3 cm³/mol. The lowest BCUT2D eigenvalue weighted by Gasteiger charge is -2.17. The van der Waals surface area contributed by atoms with Gasteiger partial charge in [-0.3, -0.25) is 0 Å².